The number of nitrogens with zero attached hydrogens (tertiary/aromatic N) is 5. The molecule has 0 fully saturated rings. The number of carbonyl (C=O) groups is 1. The van der Waals surface area contributed by atoms with Crippen molar-refractivity contribution in [2.75, 3.05) is 20.1 Å². The highest BCUT2D eigenvalue weighted by Crippen LogP contribution is 2.37. The van der Waals surface area contributed by atoms with Gasteiger partial charge >= 0.3 is 0 Å². The molecular formula is C23H22ClN7O. The van der Waals surface area contributed by atoms with Crippen molar-refractivity contribution in [1.82, 2.24) is 30.2 Å². The maximum atomic E-state index is 12.5. The predicted molar refractivity (Wildman–Crippen MR) is 126 cm³/mol. The van der Waals surface area contributed by atoms with Crippen molar-refractivity contribution in [3.05, 3.63) is 65.7 Å². The van der Waals surface area contributed by atoms with E-state index in [0.29, 0.717) is 40.5 Å². The van der Waals surface area contributed by atoms with Crippen LogP contribution in [0.15, 0.2) is 60.7 Å². The second kappa shape index (κ2) is 9.57. The van der Waals surface area contributed by atoms with E-state index in [-0.39, 0.29) is 12.5 Å². The lowest BCUT2D eigenvalue weighted by Crippen LogP contribution is -2.34. The number of halogens is 1. The third kappa shape index (κ3) is 4.45. The van der Waals surface area contributed by atoms with Crippen molar-refractivity contribution in [3.63, 3.8) is 0 Å². The van der Waals surface area contributed by atoms with Gasteiger partial charge in [-0.2, -0.15) is 5.10 Å². The van der Waals surface area contributed by atoms with E-state index in [1.807, 2.05) is 60.7 Å². The minimum Gasteiger partial charge on any atom is -0.364 e. The van der Waals surface area contributed by atoms with Gasteiger partial charge in [0.2, 0.25) is 5.91 Å². The Hall–Kier alpha value is -3.78. The Morgan fingerprint density at radius 2 is 1.69 bits per heavy atom. The standard InChI is InChI=1S/C23H22ClN7O/c1-30(15-25)13-12-26-18(32)14-31-23-19(21(29-31)16-8-4-2-5-9-16)20(24)22(27-28-23)17-10-6-3-7-11-17/h2-11,15,25H,12-14H2,1H3,(H,26,32). The molecule has 4 aromatic rings. The summed E-state index contributed by atoms with van der Waals surface area (Å²) >= 11 is 6.83. The fourth-order valence-corrected chi connectivity index (χ4v) is 3.65. The average Bonchev–Trinajstić information content (AvgIpc) is 3.19. The van der Waals surface area contributed by atoms with E-state index in [9.17, 15) is 4.79 Å². The summed E-state index contributed by atoms with van der Waals surface area (Å²) in [6, 6.07) is 19.3. The number of nitrogens with one attached hydrogen (secondary N) is 2. The number of hydrogen-bond acceptors (Lipinski definition) is 5. The van der Waals surface area contributed by atoms with Crippen LogP contribution in [0.2, 0.25) is 5.02 Å². The van der Waals surface area contributed by atoms with Gasteiger partial charge in [0.05, 0.1) is 16.7 Å². The van der Waals surface area contributed by atoms with Crippen LogP contribution in [0.3, 0.4) is 0 Å². The molecule has 2 aromatic carbocycles. The second-order valence-electron chi connectivity index (χ2n) is 7.26. The Bertz CT molecular complexity index is 1240. The zero-order valence-corrected chi connectivity index (χ0v) is 18.3. The van der Waals surface area contributed by atoms with Gasteiger partial charge in [-0.05, 0) is 0 Å². The Balaban J connectivity index is 1.74. The third-order valence-electron chi connectivity index (χ3n) is 4.99. The van der Waals surface area contributed by atoms with Crippen molar-refractivity contribution in [3.8, 4) is 22.5 Å². The molecule has 2 N–H and O–H groups in total. The lowest BCUT2D eigenvalue weighted by Gasteiger charge is -2.12. The van der Waals surface area contributed by atoms with Crippen molar-refractivity contribution in [1.29, 1.82) is 5.41 Å². The summed E-state index contributed by atoms with van der Waals surface area (Å²) in [5.74, 6) is -0.211. The Morgan fingerprint density at radius 1 is 1.06 bits per heavy atom. The van der Waals surface area contributed by atoms with Gasteiger partial charge in [0.15, 0.2) is 5.65 Å². The SMILES string of the molecule is CN(C=N)CCNC(=O)Cn1nc(-c2ccccc2)c2c(Cl)c(-c3ccccc3)nnc21. The minimum absolute atomic E-state index is 0.0205. The number of fused-ring (bicyclic) bond motifs is 1. The number of carbonyl (C=O) groups excluding carboxylic acids is 1. The third-order valence-corrected chi connectivity index (χ3v) is 5.36. The molecule has 0 aliphatic carbocycles. The van der Waals surface area contributed by atoms with E-state index < -0.39 is 0 Å². The van der Waals surface area contributed by atoms with E-state index in [1.165, 1.54) is 11.0 Å². The van der Waals surface area contributed by atoms with Crippen LogP contribution in [0.25, 0.3) is 33.5 Å². The molecule has 0 aliphatic rings. The summed E-state index contributed by atoms with van der Waals surface area (Å²) in [4.78, 5) is 14.2. The molecule has 0 radical (unpaired) electrons. The monoisotopic (exact) mass is 447 g/mol. The summed E-state index contributed by atoms with van der Waals surface area (Å²) in [7, 11) is 1.77. The number of benzene rings is 2. The van der Waals surface area contributed by atoms with E-state index in [1.54, 1.807) is 11.9 Å². The molecule has 162 valence electrons. The van der Waals surface area contributed by atoms with Gasteiger partial charge in [0, 0.05) is 31.3 Å². The molecular weight excluding hydrogens is 426 g/mol. The maximum absolute atomic E-state index is 12.5. The van der Waals surface area contributed by atoms with Crippen LogP contribution in [0.4, 0.5) is 0 Å². The molecule has 2 aromatic heterocycles. The van der Waals surface area contributed by atoms with Crippen LogP contribution in [-0.2, 0) is 11.3 Å². The second-order valence-corrected chi connectivity index (χ2v) is 7.64. The van der Waals surface area contributed by atoms with Gasteiger partial charge < -0.3 is 10.2 Å². The molecule has 9 heteroatoms. The highest BCUT2D eigenvalue weighted by atomic mass is 35.5. The first kappa shape index (κ1) is 21.5. The number of aromatic nitrogens is 4. The minimum atomic E-state index is -0.211. The Morgan fingerprint density at radius 3 is 2.31 bits per heavy atom. The molecule has 0 atom stereocenters. The maximum Gasteiger partial charge on any atom is 0.241 e. The lowest BCUT2D eigenvalue weighted by atomic mass is 10.1. The summed E-state index contributed by atoms with van der Waals surface area (Å²) in [5.41, 5.74) is 3.38. The van der Waals surface area contributed by atoms with Crippen LogP contribution in [0, 0.1) is 5.41 Å². The number of hydrogen-bond donors (Lipinski definition) is 2. The summed E-state index contributed by atoms with van der Waals surface area (Å²) < 4.78 is 1.53. The quantitative estimate of drug-likeness (QED) is 0.318. The van der Waals surface area contributed by atoms with Crippen LogP contribution < -0.4 is 5.32 Å². The Labute approximate surface area is 190 Å². The Kier molecular flexibility index (Phi) is 6.42. The van der Waals surface area contributed by atoms with Gasteiger partial charge in [0.1, 0.15) is 17.9 Å². The van der Waals surface area contributed by atoms with E-state index in [4.69, 9.17) is 17.0 Å². The number of likely N-dealkylation sites (N-methyl/N-ethyl adjacent to an activating group) is 1. The van der Waals surface area contributed by atoms with Crippen LogP contribution in [0.5, 0.6) is 0 Å². The number of amides is 1. The molecule has 0 saturated carbocycles. The van der Waals surface area contributed by atoms with Crippen LogP contribution >= 0.6 is 11.6 Å². The molecule has 0 aliphatic heterocycles. The molecule has 0 bridgehead atoms. The van der Waals surface area contributed by atoms with Crippen LogP contribution in [0.1, 0.15) is 0 Å². The zero-order valence-electron chi connectivity index (χ0n) is 17.5. The van der Waals surface area contributed by atoms with Crippen molar-refractivity contribution >= 4 is 34.9 Å². The summed E-state index contributed by atoms with van der Waals surface area (Å²) in [6.45, 7) is 0.934. The van der Waals surface area contributed by atoms with Gasteiger partial charge in [-0.1, -0.05) is 72.3 Å². The summed E-state index contributed by atoms with van der Waals surface area (Å²) in [5, 5.41) is 24.5. The largest absolute Gasteiger partial charge is 0.364 e. The van der Waals surface area contributed by atoms with E-state index >= 15 is 0 Å². The van der Waals surface area contributed by atoms with Crippen molar-refractivity contribution < 1.29 is 4.79 Å². The van der Waals surface area contributed by atoms with Crippen LogP contribution in [-0.4, -0.2) is 57.3 Å². The van der Waals surface area contributed by atoms with E-state index in [2.05, 4.69) is 20.6 Å². The molecule has 0 unspecified atom stereocenters. The zero-order chi connectivity index (χ0) is 22.5. The first-order chi connectivity index (χ1) is 15.6. The average molecular weight is 448 g/mol. The highest BCUT2D eigenvalue weighted by molar-refractivity contribution is 6.38. The first-order valence-corrected chi connectivity index (χ1v) is 10.5. The number of rotatable bonds is 8. The van der Waals surface area contributed by atoms with Gasteiger partial charge in [-0.3, -0.25) is 10.2 Å². The van der Waals surface area contributed by atoms with E-state index in [0.717, 1.165) is 11.1 Å². The molecule has 0 spiro atoms. The van der Waals surface area contributed by atoms with Gasteiger partial charge in [-0.15, -0.1) is 10.2 Å². The first-order valence-electron chi connectivity index (χ1n) is 10.1. The molecule has 4 rings (SSSR count). The molecule has 8 nitrogen and oxygen atoms in total. The smallest absolute Gasteiger partial charge is 0.241 e. The molecule has 32 heavy (non-hydrogen) atoms. The van der Waals surface area contributed by atoms with Crippen molar-refractivity contribution in [2.45, 2.75) is 6.54 Å². The lowest BCUT2D eigenvalue weighted by molar-refractivity contribution is -0.121. The fraction of sp³-hybridized carbons (Fsp3) is 0.174. The van der Waals surface area contributed by atoms with Crippen molar-refractivity contribution in [2.24, 2.45) is 0 Å². The predicted octanol–water partition coefficient (Wildman–Crippen LogP) is 3.47. The topological polar surface area (TPSA) is 99.8 Å². The normalized spacial score (nSPS) is 10.8. The van der Waals surface area contributed by atoms with Gasteiger partial charge in [0.25, 0.3) is 0 Å². The highest BCUT2D eigenvalue weighted by Gasteiger charge is 2.21. The molecule has 2 heterocycles. The fourth-order valence-electron chi connectivity index (χ4n) is 3.33. The summed E-state index contributed by atoms with van der Waals surface area (Å²) in [6.07, 6.45) is 1.21. The molecule has 1 amide bonds. The molecule has 0 saturated heterocycles. The van der Waals surface area contributed by atoms with Gasteiger partial charge in [-0.25, -0.2) is 4.68 Å².